The Balaban J connectivity index is 1.47. The molecular formula is C28H18N4O. The van der Waals surface area contributed by atoms with E-state index in [-0.39, 0.29) is 0 Å². The molecule has 0 bridgehead atoms. The Morgan fingerprint density at radius 1 is 0.606 bits per heavy atom. The van der Waals surface area contributed by atoms with E-state index in [9.17, 15) is 0 Å². The molecule has 0 saturated carbocycles. The number of rotatable bonds is 2. The van der Waals surface area contributed by atoms with Gasteiger partial charge in [-0.2, -0.15) is 9.97 Å². The van der Waals surface area contributed by atoms with Crippen molar-refractivity contribution in [1.82, 2.24) is 19.5 Å². The lowest BCUT2D eigenvalue weighted by atomic mass is 10.1. The van der Waals surface area contributed by atoms with Crippen LogP contribution in [0.3, 0.4) is 0 Å². The van der Waals surface area contributed by atoms with Crippen molar-refractivity contribution in [2.75, 3.05) is 0 Å². The van der Waals surface area contributed by atoms with Gasteiger partial charge in [0.2, 0.25) is 5.95 Å². The van der Waals surface area contributed by atoms with E-state index in [1.807, 2.05) is 43.3 Å². The van der Waals surface area contributed by atoms with Gasteiger partial charge in [-0.1, -0.05) is 60.7 Å². The largest absolute Gasteiger partial charge is 0.456 e. The minimum atomic E-state index is 0.611. The first kappa shape index (κ1) is 18.1. The molecule has 156 valence electrons. The van der Waals surface area contributed by atoms with E-state index in [0.29, 0.717) is 17.6 Å². The number of hydrogen-bond acceptors (Lipinski definition) is 4. The number of benzene rings is 4. The van der Waals surface area contributed by atoms with E-state index in [4.69, 9.17) is 14.4 Å². The van der Waals surface area contributed by atoms with E-state index in [0.717, 1.165) is 38.5 Å². The number of aryl methyl sites for hydroxylation is 1. The fraction of sp³-hybridized carbons (Fsp3) is 0.0357. The van der Waals surface area contributed by atoms with Gasteiger partial charge in [0, 0.05) is 27.1 Å². The van der Waals surface area contributed by atoms with Crippen LogP contribution < -0.4 is 0 Å². The van der Waals surface area contributed by atoms with Crippen LogP contribution in [0.15, 0.2) is 95.4 Å². The molecule has 0 amide bonds. The van der Waals surface area contributed by atoms with Crippen molar-refractivity contribution in [1.29, 1.82) is 0 Å². The van der Waals surface area contributed by atoms with Crippen molar-refractivity contribution in [3.63, 3.8) is 0 Å². The lowest BCUT2D eigenvalue weighted by Crippen LogP contribution is -2.06. The number of fused-ring (bicyclic) bond motifs is 6. The number of nitrogens with zero attached hydrogens (tertiary/aromatic N) is 4. The molecule has 7 aromatic rings. The molecule has 0 N–H and O–H groups in total. The predicted octanol–water partition coefficient (Wildman–Crippen LogP) is 6.84. The zero-order valence-electron chi connectivity index (χ0n) is 17.9. The predicted molar refractivity (Wildman–Crippen MR) is 132 cm³/mol. The fourth-order valence-corrected chi connectivity index (χ4v) is 4.70. The van der Waals surface area contributed by atoms with E-state index < -0.39 is 0 Å². The SMILES string of the molecule is Cc1nc(-c2ccc3c(c2)oc2ccccc23)nc(-n2c3ccccc3c3ccccc32)n1. The highest BCUT2D eigenvalue weighted by Crippen LogP contribution is 2.33. The van der Waals surface area contributed by atoms with Crippen LogP contribution in [0.1, 0.15) is 5.82 Å². The lowest BCUT2D eigenvalue weighted by Gasteiger charge is -2.09. The first-order chi connectivity index (χ1) is 16.3. The summed E-state index contributed by atoms with van der Waals surface area (Å²) >= 11 is 0. The van der Waals surface area contributed by atoms with Gasteiger partial charge in [-0.25, -0.2) is 4.98 Å². The molecule has 0 radical (unpaired) electrons. The monoisotopic (exact) mass is 426 g/mol. The molecule has 0 atom stereocenters. The standard InChI is InChI=1S/C28H18N4O/c1-17-29-27(18-14-15-22-21-10-4-7-13-25(21)33-26(22)16-18)31-28(30-17)32-23-11-5-2-8-19(23)20-9-3-6-12-24(20)32/h2-16H,1H3. The van der Waals surface area contributed by atoms with Gasteiger partial charge in [-0.05, 0) is 37.3 Å². The van der Waals surface area contributed by atoms with E-state index in [2.05, 4.69) is 64.1 Å². The Labute approximate surface area is 189 Å². The van der Waals surface area contributed by atoms with Crippen molar-refractivity contribution in [2.24, 2.45) is 0 Å². The van der Waals surface area contributed by atoms with Gasteiger partial charge >= 0.3 is 0 Å². The third-order valence-electron chi connectivity index (χ3n) is 6.15. The fourth-order valence-electron chi connectivity index (χ4n) is 4.70. The van der Waals surface area contributed by atoms with Crippen molar-refractivity contribution >= 4 is 43.7 Å². The second kappa shape index (κ2) is 6.74. The highest BCUT2D eigenvalue weighted by atomic mass is 16.3. The number of hydrogen-bond donors (Lipinski definition) is 0. The van der Waals surface area contributed by atoms with E-state index >= 15 is 0 Å². The maximum Gasteiger partial charge on any atom is 0.238 e. The molecule has 3 aromatic heterocycles. The molecule has 0 fully saturated rings. The molecule has 7 rings (SSSR count). The van der Waals surface area contributed by atoms with Crippen molar-refractivity contribution < 1.29 is 4.42 Å². The highest BCUT2D eigenvalue weighted by molar-refractivity contribution is 6.09. The molecule has 0 unspecified atom stereocenters. The van der Waals surface area contributed by atoms with Crippen LogP contribution in [-0.4, -0.2) is 19.5 Å². The van der Waals surface area contributed by atoms with Gasteiger partial charge in [-0.3, -0.25) is 4.57 Å². The minimum Gasteiger partial charge on any atom is -0.456 e. The third kappa shape index (κ3) is 2.69. The average Bonchev–Trinajstić information content (AvgIpc) is 3.39. The Morgan fingerprint density at radius 3 is 2.00 bits per heavy atom. The topological polar surface area (TPSA) is 56.7 Å². The summed E-state index contributed by atoms with van der Waals surface area (Å²) in [6, 6.07) is 30.9. The molecular weight excluding hydrogens is 408 g/mol. The molecule has 3 heterocycles. The van der Waals surface area contributed by atoms with E-state index in [1.165, 1.54) is 10.8 Å². The summed E-state index contributed by atoms with van der Waals surface area (Å²) in [5.41, 5.74) is 4.74. The Kier molecular flexibility index (Phi) is 3.70. The molecule has 0 saturated heterocycles. The van der Waals surface area contributed by atoms with Crippen LogP contribution in [-0.2, 0) is 0 Å². The van der Waals surface area contributed by atoms with Crippen molar-refractivity contribution in [3.8, 4) is 17.3 Å². The Bertz CT molecular complexity index is 1790. The van der Waals surface area contributed by atoms with Crippen LogP contribution in [0.2, 0.25) is 0 Å². The van der Waals surface area contributed by atoms with Crippen LogP contribution in [0.25, 0.3) is 61.1 Å². The van der Waals surface area contributed by atoms with Crippen LogP contribution in [0.5, 0.6) is 0 Å². The first-order valence-corrected chi connectivity index (χ1v) is 10.9. The minimum absolute atomic E-state index is 0.611. The van der Waals surface area contributed by atoms with Gasteiger partial charge in [-0.15, -0.1) is 0 Å². The summed E-state index contributed by atoms with van der Waals surface area (Å²) in [4.78, 5) is 14.3. The maximum absolute atomic E-state index is 6.09. The van der Waals surface area contributed by atoms with Crippen LogP contribution >= 0.6 is 0 Å². The number of para-hydroxylation sites is 3. The van der Waals surface area contributed by atoms with Crippen molar-refractivity contribution in [2.45, 2.75) is 6.92 Å². The summed E-state index contributed by atoms with van der Waals surface area (Å²) in [6.45, 7) is 1.91. The molecule has 4 aromatic carbocycles. The Hall–Kier alpha value is -4.51. The van der Waals surface area contributed by atoms with Gasteiger partial charge in [0.25, 0.3) is 0 Å². The normalized spacial score (nSPS) is 11.8. The summed E-state index contributed by atoms with van der Waals surface area (Å²) in [5.74, 6) is 1.91. The summed E-state index contributed by atoms with van der Waals surface area (Å²) < 4.78 is 8.20. The molecule has 0 spiro atoms. The Morgan fingerprint density at radius 2 is 1.24 bits per heavy atom. The lowest BCUT2D eigenvalue weighted by molar-refractivity contribution is 0.669. The van der Waals surface area contributed by atoms with Crippen LogP contribution in [0, 0.1) is 6.92 Å². The number of furan rings is 1. The molecule has 0 aliphatic carbocycles. The third-order valence-corrected chi connectivity index (χ3v) is 6.15. The average molecular weight is 426 g/mol. The van der Waals surface area contributed by atoms with Gasteiger partial charge in [0.05, 0.1) is 11.0 Å². The van der Waals surface area contributed by atoms with Gasteiger partial charge in [0.1, 0.15) is 17.0 Å². The highest BCUT2D eigenvalue weighted by Gasteiger charge is 2.16. The smallest absolute Gasteiger partial charge is 0.238 e. The number of aromatic nitrogens is 4. The second-order valence-electron chi connectivity index (χ2n) is 8.19. The molecule has 33 heavy (non-hydrogen) atoms. The first-order valence-electron chi connectivity index (χ1n) is 10.9. The van der Waals surface area contributed by atoms with E-state index in [1.54, 1.807) is 0 Å². The summed E-state index contributed by atoms with van der Waals surface area (Å²) in [7, 11) is 0. The van der Waals surface area contributed by atoms with Gasteiger partial charge in [0.15, 0.2) is 5.82 Å². The molecule has 0 aliphatic heterocycles. The summed E-state index contributed by atoms with van der Waals surface area (Å²) in [5, 5.41) is 4.55. The zero-order valence-corrected chi connectivity index (χ0v) is 17.9. The molecule has 5 heteroatoms. The second-order valence-corrected chi connectivity index (χ2v) is 8.19. The van der Waals surface area contributed by atoms with Gasteiger partial charge < -0.3 is 4.42 Å². The maximum atomic E-state index is 6.09. The van der Waals surface area contributed by atoms with Crippen molar-refractivity contribution in [3.05, 3.63) is 96.8 Å². The zero-order chi connectivity index (χ0) is 21.9. The van der Waals surface area contributed by atoms with Crippen LogP contribution in [0.4, 0.5) is 0 Å². The molecule has 5 nitrogen and oxygen atoms in total. The summed E-state index contributed by atoms with van der Waals surface area (Å²) in [6.07, 6.45) is 0. The quantitative estimate of drug-likeness (QED) is 0.304. The molecule has 0 aliphatic rings.